The molecule has 3 aromatic rings. The lowest BCUT2D eigenvalue weighted by molar-refractivity contribution is 0.306. The number of hydrogen-bond acceptors (Lipinski definition) is 2. The molecule has 1 aromatic heterocycles. The van der Waals surface area contributed by atoms with E-state index in [4.69, 9.17) is 4.74 Å². The Morgan fingerprint density at radius 3 is 2.52 bits per heavy atom. The Hall–Kier alpha value is -2.33. The highest BCUT2D eigenvalue weighted by atomic mass is 79.9. The van der Waals surface area contributed by atoms with Crippen molar-refractivity contribution in [3.63, 3.8) is 0 Å². The standard InChI is InChI=1S/C21H21BrN2O/c1-17-14-23-24(15-17)13-3-2-4-18-7-11-21(12-8-18)25-16-19-5-9-20(22)10-6-19/h2,4-12,14-15H,3,13,16H2,1H3/b4-2+. The zero-order chi connectivity index (χ0) is 17.5. The lowest BCUT2D eigenvalue weighted by Gasteiger charge is -2.06. The molecule has 0 N–H and O–H groups in total. The van der Waals surface area contributed by atoms with E-state index in [1.807, 2.05) is 35.1 Å². The van der Waals surface area contributed by atoms with Crippen LogP contribution in [0.2, 0.25) is 0 Å². The topological polar surface area (TPSA) is 27.1 Å². The fourth-order valence-electron chi connectivity index (χ4n) is 2.44. The maximum Gasteiger partial charge on any atom is 0.119 e. The van der Waals surface area contributed by atoms with Crippen molar-refractivity contribution >= 4 is 22.0 Å². The second-order valence-electron chi connectivity index (χ2n) is 5.96. The molecule has 4 heteroatoms. The van der Waals surface area contributed by atoms with Crippen LogP contribution in [0.3, 0.4) is 0 Å². The third kappa shape index (κ3) is 5.61. The average molecular weight is 397 g/mol. The SMILES string of the molecule is Cc1cnn(CC/C=C/c2ccc(OCc3ccc(Br)cc3)cc2)c1. The van der Waals surface area contributed by atoms with Crippen LogP contribution in [-0.4, -0.2) is 9.78 Å². The summed E-state index contributed by atoms with van der Waals surface area (Å²) in [6.45, 7) is 3.53. The van der Waals surface area contributed by atoms with Crippen molar-refractivity contribution in [3.8, 4) is 5.75 Å². The van der Waals surface area contributed by atoms with E-state index in [0.717, 1.165) is 28.8 Å². The maximum atomic E-state index is 5.82. The molecule has 25 heavy (non-hydrogen) atoms. The molecule has 1 heterocycles. The Morgan fingerprint density at radius 1 is 1.08 bits per heavy atom. The van der Waals surface area contributed by atoms with Gasteiger partial charge in [-0.25, -0.2) is 0 Å². The number of halogens is 1. The molecule has 0 fully saturated rings. The summed E-state index contributed by atoms with van der Waals surface area (Å²) in [7, 11) is 0. The second kappa shape index (κ2) is 8.67. The van der Waals surface area contributed by atoms with Gasteiger partial charge < -0.3 is 4.74 Å². The highest BCUT2D eigenvalue weighted by molar-refractivity contribution is 9.10. The number of aromatic nitrogens is 2. The molecular formula is C21H21BrN2O. The summed E-state index contributed by atoms with van der Waals surface area (Å²) in [6, 6.07) is 16.3. The van der Waals surface area contributed by atoms with Gasteiger partial charge in [0.2, 0.25) is 0 Å². The minimum absolute atomic E-state index is 0.575. The van der Waals surface area contributed by atoms with Gasteiger partial charge in [0.15, 0.2) is 0 Å². The van der Waals surface area contributed by atoms with E-state index in [0.29, 0.717) is 6.61 Å². The summed E-state index contributed by atoms with van der Waals surface area (Å²) < 4.78 is 8.87. The Balaban J connectivity index is 1.46. The fraction of sp³-hybridized carbons (Fsp3) is 0.190. The predicted octanol–water partition coefficient (Wildman–Crippen LogP) is 5.64. The molecule has 0 unspecified atom stereocenters. The first kappa shape index (κ1) is 17.5. The molecule has 0 radical (unpaired) electrons. The van der Waals surface area contributed by atoms with Crippen LogP contribution in [0.15, 0.2) is 71.5 Å². The molecule has 0 saturated heterocycles. The largest absolute Gasteiger partial charge is 0.489 e. The molecule has 3 rings (SSSR count). The van der Waals surface area contributed by atoms with E-state index < -0.39 is 0 Å². The predicted molar refractivity (Wildman–Crippen MR) is 106 cm³/mol. The quantitative estimate of drug-likeness (QED) is 0.516. The number of nitrogens with zero attached hydrogens (tertiary/aromatic N) is 2. The Labute approximate surface area is 157 Å². The Kier molecular flexibility index (Phi) is 6.07. The zero-order valence-corrected chi connectivity index (χ0v) is 15.8. The molecular weight excluding hydrogens is 376 g/mol. The van der Waals surface area contributed by atoms with E-state index in [2.05, 4.69) is 70.6 Å². The normalized spacial score (nSPS) is 11.1. The van der Waals surface area contributed by atoms with Crippen LogP contribution >= 0.6 is 15.9 Å². The third-order valence-electron chi connectivity index (χ3n) is 3.80. The first-order chi connectivity index (χ1) is 12.2. The molecule has 0 spiro atoms. The van der Waals surface area contributed by atoms with E-state index >= 15 is 0 Å². The van der Waals surface area contributed by atoms with Gasteiger partial charge >= 0.3 is 0 Å². The third-order valence-corrected chi connectivity index (χ3v) is 4.33. The maximum absolute atomic E-state index is 5.82. The van der Waals surface area contributed by atoms with Crippen molar-refractivity contribution in [3.05, 3.63) is 88.2 Å². The molecule has 0 aliphatic rings. The van der Waals surface area contributed by atoms with Crippen molar-refractivity contribution in [2.24, 2.45) is 0 Å². The lowest BCUT2D eigenvalue weighted by atomic mass is 10.2. The molecule has 0 aliphatic carbocycles. The number of hydrogen-bond donors (Lipinski definition) is 0. The lowest BCUT2D eigenvalue weighted by Crippen LogP contribution is -1.96. The van der Waals surface area contributed by atoms with Crippen LogP contribution in [0.1, 0.15) is 23.1 Å². The molecule has 0 bridgehead atoms. The Morgan fingerprint density at radius 2 is 1.84 bits per heavy atom. The van der Waals surface area contributed by atoms with Gasteiger partial charge in [-0.3, -0.25) is 4.68 Å². The van der Waals surface area contributed by atoms with Gasteiger partial charge in [-0.2, -0.15) is 5.10 Å². The summed E-state index contributed by atoms with van der Waals surface area (Å²) in [5.74, 6) is 0.882. The van der Waals surface area contributed by atoms with Gasteiger partial charge in [0, 0.05) is 17.2 Å². The number of aryl methyl sites for hydroxylation is 2. The molecule has 3 nitrogen and oxygen atoms in total. The molecule has 2 aromatic carbocycles. The van der Waals surface area contributed by atoms with Crippen molar-refractivity contribution in [1.29, 1.82) is 0 Å². The van der Waals surface area contributed by atoms with Crippen molar-refractivity contribution < 1.29 is 4.74 Å². The zero-order valence-electron chi connectivity index (χ0n) is 14.2. The van der Waals surface area contributed by atoms with E-state index in [-0.39, 0.29) is 0 Å². The average Bonchev–Trinajstić information content (AvgIpc) is 3.04. The first-order valence-corrected chi connectivity index (χ1v) is 9.11. The summed E-state index contributed by atoms with van der Waals surface area (Å²) >= 11 is 3.44. The van der Waals surface area contributed by atoms with Crippen molar-refractivity contribution in [1.82, 2.24) is 9.78 Å². The smallest absolute Gasteiger partial charge is 0.119 e. The van der Waals surface area contributed by atoms with Crippen LogP contribution in [0.4, 0.5) is 0 Å². The molecule has 128 valence electrons. The minimum Gasteiger partial charge on any atom is -0.489 e. The highest BCUT2D eigenvalue weighted by Crippen LogP contribution is 2.16. The van der Waals surface area contributed by atoms with Gasteiger partial charge in [0.25, 0.3) is 0 Å². The van der Waals surface area contributed by atoms with Crippen LogP contribution in [-0.2, 0) is 13.2 Å². The Bertz CT molecular complexity index is 820. The number of benzene rings is 2. The van der Waals surface area contributed by atoms with Crippen LogP contribution in [0, 0.1) is 6.92 Å². The molecule has 0 atom stereocenters. The van der Waals surface area contributed by atoms with E-state index in [9.17, 15) is 0 Å². The summed E-state index contributed by atoms with van der Waals surface area (Å²) in [6.07, 6.45) is 9.22. The molecule has 0 aliphatic heterocycles. The van der Waals surface area contributed by atoms with Crippen LogP contribution in [0.25, 0.3) is 6.08 Å². The van der Waals surface area contributed by atoms with E-state index in [1.165, 1.54) is 11.1 Å². The van der Waals surface area contributed by atoms with Gasteiger partial charge in [0.1, 0.15) is 12.4 Å². The summed E-state index contributed by atoms with van der Waals surface area (Å²) in [5.41, 5.74) is 3.52. The van der Waals surface area contributed by atoms with Crippen LogP contribution in [0.5, 0.6) is 5.75 Å². The summed E-state index contributed by atoms with van der Waals surface area (Å²) in [4.78, 5) is 0. The van der Waals surface area contributed by atoms with Gasteiger partial charge in [-0.05, 0) is 54.3 Å². The van der Waals surface area contributed by atoms with Gasteiger partial charge in [-0.15, -0.1) is 0 Å². The monoisotopic (exact) mass is 396 g/mol. The first-order valence-electron chi connectivity index (χ1n) is 8.32. The number of rotatable bonds is 7. The fourth-order valence-corrected chi connectivity index (χ4v) is 2.70. The van der Waals surface area contributed by atoms with E-state index in [1.54, 1.807) is 0 Å². The van der Waals surface area contributed by atoms with Crippen molar-refractivity contribution in [2.45, 2.75) is 26.5 Å². The highest BCUT2D eigenvalue weighted by Gasteiger charge is 1.97. The van der Waals surface area contributed by atoms with Crippen LogP contribution < -0.4 is 4.74 Å². The van der Waals surface area contributed by atoms with Gasteiger partial charge in [-0.1, -0.05) is 52.3 Å². The molecule has 0 saturated carbocycles. The molecule has 0 amide bonds. The number of allylic oxidation sites excluding steroid dienone is 1. The van der Waals surface area contributed by atoms with Crippen molar-refractivity contribution in [2.75, 3.05) is 0 Å². The number of ether oxygens (including phenoxy) is 1. The second-order valence-corrected chi connectivity index (χ2v) is 6.87. The summed E-state index contributed by atoms with van der Waals surface area (Å²) in [5, 5.41) is 4.29. The van der Waals surface area contributed by atoms with Gasteiger partial charge in [0.05, 0.1) is 6.20 Å². The minimum atomic E-state index is 0.575.